The van der Waals surface area contributed by atoms with Gasteiger partial charge in [-0.15, -0.1) is 0 Å². The van der Waals surface area contributed by atoms with Gasteiger partial charge in [-0.1, -0.05) is 6.07 Å². The summed E-state index contributed by atoms with van der Waals surface area (Å²) in [5, 5.41) is 17.8. The van der Waals surface area contributed by atoms with Crippen LogP contribution in [0.1, 0.15) is 11.1 Å². The highest BCUT2D eigenvalue weighted by Crippen LogP contribution is 2.40. The van der Waals surface area contributed by atoms with Gasteiger partial charge in [-0.2, -0.15) is 22.7 Å². The van der Waals surface area contributed by atoms with Crippen molar-refractivity contribution < 1.29 is 31.5 Å². The third-order valence-electron chi connectivity index (χ3n) is 3.96. The summed E-state index contributed by atoms with van der Waals surface area (Å²) >= 11 is 0. The molecule has 1 aromatic rings. The van der Waals surface area contributed by atoms with E-state index in [1.807, 2.05) is 0 Å². The first-order valence-corrected chi connectivity index (χ1v) is 8.23. The number of alkyl halides is 3. The molecule has 1 aliphatic heterocycles. The Labute approximate surface area is 136 Å². The third kappa shape index (κ3) is 3.22. The number of rotatable bonds is 3. The van der Waals surface area contributed by atoms with Crippen LogP contribution in [0.15, 0.2) is 23.1 Å². The maximum atomic E-state index is 13.0. The normalized spacial score (nSPS) is 22.3. The summed E-state index contributed by atoms with van der Waals surface area (Å²) in [4.78, 5) is 10.8. The number of halogens is 3. The van der Waals surface area contributed by atoms with Crippen molar-refractivity contribution in [1.29, 1.82) is 5.26 Å². The van der Waals surface area contributed by atoms with Crippen LogP contribution in [0.4, 0.5) is 13.2 Å². The van der Waals surface area contributed by atoms with E-state index >= 15 is 0 Å². The molecule has 1 aliphatic rings. The predicted molar refractivity (Wildman–Crippen MR) is 75.3 cm³/mol. The Hall–Kier alpha value is -2.12. The summed E-state index contributed by atoms with van der Waals surface area (Å²) in [5.74, 6) is -5.83. The third-order valence-corrected chi connectivity index (χ3v) is 5.93. The van der Waals surface area contributed by atoms with E-state index in [2.05, 4.69) is 0 Å². The lowest BCUT2D eigenvalue weighted by Gasteiger charge is -2.19. The van der Waals surface area contributed by atoms with Crippen molar-refractivity contribution in [1.82, 2.24) is 4.31 Å². The van der Waals surface area contributed by atoms with Crippen LogP contribution in [0.2, 0.25) is 0 Å². The van der Waals surface area contributed by atoms with Crippen LogP contribution in [0.25, 0.3) is 0 Å². The monoisotopic (exact) mass is 362 g/mol. The lowest BCUT2D eigenvalue weighted by atomic mass is 9.96. The zero-order valence-electron chi connectivity index (χ0n) is 12.4. The molecule has 24 heavy (non-hydrogen) atoms. The van der Waals surface area contributed by atoms with Crippen molar-refractivity contribution >= 4 is 16.0 Å². The van der Waals surface area contributed by atoms with Gasteiger partial charge in [0, 0.05) is 13.1 Å². The minimum atomic E-state index is -4.82. The van der Waals surface area contributed by atoms with Crippen LogP contribution < -0.4 is 0 Å². The molecule has 0 amide bonds. The number of sulfonamides is 1. The molecule has 0 unspecified atom stereocenters. The smallest absolute Gasteiger partial charge is 0.393 e. The first-order chi connectivity index (χ1) is 11.0. The summed E-state index contributed by atoms with van der Waals surface area (Å²) < 4.78 is 64.8. The number of benzene rings is 1. The quantitative estimate of drug-likeness (QED) is 0.883. The Morgan fingerprint density at radius 1 is 1.38 bits per heavy atom. The van der Waals surface area contributed by atoms with Crippen molar-refractivity contribution in [2.75, 3.05) is 13.1 Å². The number of nitriles is 1. The minimum absolute atomic E-state index is 0.0422. The van der Waals surface area contributed by atoms with Gasteiger partial charge in [0.2, 0.25) is 10.0 Å². The van der Waals surface area contributed by atoms with E-state index in [4.69, 9.17) is 10.4 Å². The molecule has 0 spiro atoms. The van der Waals surface area contributed by atoms with Crippen LogP contribution in [0.3, 0.4) is 0 Å². The highest BCUT2D eigenvalue weighted by molar-refractivity contribution is 7.89. The van der Waals surface area contributed by atoms with Gasteiger partial charge in [-0.3, -0.25) is 4.79 Å². The highest BCUT2D eigenvalue weighted by Gasteiger charge is 2.55. The molecule has 1 N–H and O–H groups in total. The molecule has 1 saturated heterocycles. The molecule has 0 aromatic heterocycles. The SMILES string of the molecule is Cc1ccc(C#N)cc1S(=O)(=O)N1C[C@@H](C(F)(F)F)[C@H](C(=O)O)C1. The summed E-state index contributed by atoms with van der Waals surface area (Å²) in [6, 6.07) is 5.59. The Morgan fingerprint density at radius 2 is 2.00 bits per heavy atom. The van der Waals surface area contributed by atoms with Gasteiger partial charge in [0.1, 0.15) is 0 Å². The van der Waals surface area contributed by atoms with Gasteiger partial charge in [0.25, 0.3) is 0 Å². The molecule has 0 saturated carbocycles. The van der Waals surface area contributed by atoms with Crippen molar-refractivity contribution in [2.24, 2.45) is 11.8 Å². The van der Waals surface area contributed by atoms with Crippen molar-refractivity contribution in [2.45, 2.75) is 18.0 Å². The summed E-state index contributed by atoms with van der Waals surface area (Å²) in [7, 11) is -4.34. The maximum Gasteiger partial charge on any atom is 0.393 e. The number of carboxylic acid groups (broad SMARTS) is 1. The van der Waals surface area contributed by atoms with Gasteiger partial charge < -0.3 is 5.11 Å². The zero-order valence-corrected chi connectivity index (χ0v) is 13.2. The number of aryl methyl sites for hydroxylation is 1. The maximum absolute atomic E-state index is 13.0. The summed E-state index contributed by atoms with van der Waals surface area (Å²) in [5.41, 5.74) is 0.303. The fraction of sp³-hybridized carbons (Fsp3) is 0.429. The van der Waals surface area contributed by atoms with Crippen molar-refractivity contribution in [3.63, 3.8) is 0 Å². The molecular weight excluding hydrogens is 349 g/mol. The Kier molecular flexibility index (Phi) is 4.61. The Balaban J connectivity index is 2.45. The molecule has 10 heteroatoms. The predicted octanol–water partition coefficient (Wildman–Crippen LogP) is 1.75. The first kappa shape index (κ1) is 18.2. The van der Waals surface area contributed by atoms with Gasteiger partial charge in [-0.25, -0.2) is 8.42 Å². The molecular formula is C14H13F3N2O4S. The van der Waals surface area contributed by atoms with Gasteiger partial charge in [-0.05, 0) is 24.6 Å². The number of hydrogen-bond donors (Lipinski definition) is 1. The van der Waals surface area contributed by atoms with E-state index in [-0.39, 0.29) is 16.0 Å². The van der Waals surface area contributed by atoms with Crippen LogP contribution in [0, 0.1) is 30.1 Å². The average molecular weight is 362 g/mol. The highest BCUT2D eigenvalue weighted by atomic mass is 32.2. The number of aliphatic carboxylic acids is 1. The fourth-order valence-electron chi connectivity index (χ4n) is 2.63. The van der Waals surface area contributed by atoms with Gasteiger partial charge in [0.15, 0.2) is 0 Å². The summed E-state index contributed by atoms with van der Waals surface area (Å²) in [6.07, 6.45) is -4.82. The van der Waals surface area contributed by atoms with E-state index in [9.17, 15) is 26.4 Å². The Bertz CT molecular complexity index is 814. The van der Waals surface area contributed by atoms with E-state index in [0.29, 0.717) is 4.31 Å². The molecule has 0 radical (unpaired) electrons. The van der Waals surface area contributed by atoms with Crippen LogP contribution in [0.5, 0.6) is 0 Å². The molecule has 0 aliphatic carbocycles. The fourth-order valence-corrected chi connectivity index (χ4v) is 4.38. The lowest BCUT2D eigenvalue weighted by molar-refractivity contribution is -0.187. The number of carboxylic acids is 1. The molecule has 0 bridgehead atoms. The molecule has 130 valence electrons. The standard InChI is InChI=1S/C14H13F3N2O4S/c1-8-2-3-9(5-18)4-12(8)24(22,23)19-6-10(13(20)21)11(7-19)14(15,16)17/h2-4,10-11H,6-7H2,1H3,(H,20,21)/t10-,11-/m1/s1. The van der Waals surface area contributed by atoms with Crippen LogP contribution in [-0.2, 0) is 14.8 Å². The number of hydrogen-bond acceptors (Lipinski definition) is 4. The molecule has 2 atom stereocenters. The van der Waals surface area contributed by atoms with Crippen LogP contribution in [-0.4, -0.2) is 43.1 Å². The number of carbonyl (C=O) groups is 1. The molecule has 2 rings (SSSR count). The van der Waals surface area contributed by atoms with E-state index in [1.54, 1.807) is 6.07 Å². The second-order valence-corrected chi connectivity index (χ2v) is 7.41. The Morgan fingerprint density at radius 3 is 2.46 bits per heavy atom. The topological polar surface area (TPSA) is 98.5 Å². The van der Waals surface area contributed by atoms with Gasteiger partial charge in [0.05, 0.1) is 28.4 Å². The largest absolute Gasteiger partial charge is 0.481 e. The van der Waals surface area contributed by atoms with Crippen molar-refractivity contribution in [3.8, 4) is 6.07 Å². The second kappa shape index (κ2) is 6.07. The molecule has 1 fully saturated rings. The molecule has 6 nitrogen and oxygen atoms in total. The van der Waals surface area contributed by atoms with Gasteiger partial charge >= 0.3 is 12.1 Å². The minimum Gasteiger partial charge on any atom is -0.481 e. The van der Waals surface area contributed by atoms with E-state index in [0.717, 1.165) is 6.07 Å². The lowest BCUT2D eigenvalue weighted by Crippen LogP contribution is -2.34. The van der Waals surface area contributed by atoms with E-state index in [1.165, 1.54) is 19.1 Å². The van der Waals surface area contributed by atoms with Crippen LogP contribution >= 0.6 is 0 Å². The first-order valence-electron chi connectivity index (χ1n) is 6.79. The average Bonchev–Trinajstić information content (AvgIpc) is 2.94. The van der Waals surface area contributed by atoms with E-state index < -0.39 is 47.1 Å². The zero-order chi connectivity index (χ0) is 18.3. The number of nitrogens with zero attached hydrogens (tertiary/aromatic N) is 2. The molecule has 1 heterocycles. The summed E-state index contributed by atoms with van der Waals surface area (Å²) in [6.45, 7) is -0.281. The second-order valence-electron chi connectivity index (χ2n) is 5.51. The molecule has 1 aromatic carbocycles. The van der Waals surface area contributed by atoms with Crippen molar-refractivity contribution in [3.05, 3.63) is 29.3 Å².